The molecule has 0 aliphatic heterocycles. The summed E-state index contributed by atoms with van der Waals surface area (Å²) in [6.07, 6.45) is 0. The standard InChI is InChI=1S/C27H18O9/c28-19-4-1-7-22(13-19)34-25(31)16-10-17(26(32)35-23-8-2-5-20(29)14-23)12-18(11-16)27(33)36-24-9-3-6-21(30)15-24/h1-15,28-30H. The largest absolute Gasteiger partial charge is 0.508 e. The zero-order valence-electron chi connectivity index (χ0n) is 18.5. The second-order valence-corrected chi connectivity index (χ2v) is 7.46. The van der Waals surface area contributed by atoms with E-state index in [1.165, 1.54) is 91.0 Å². The van der Waals surface area contributed by atoms with Crippen LogP contribution in [0.5, 0.6) is 34.5 Å². The average Bonchev–Trinajstić information content (AvgIpc) is 2.84. The first-order valence-corrected chi connectivity index (χ1v) is 10.5. The molecule has 0 bridgehead atoms. The van der Waals surface area contributed by atoms with E-state index in [1.54, 1.807) is 0 Å². The maximum atomic E-state index is 12.8. The van der Waals surface area contributed by atoms with Gasteiger partial charge in [-0.2, -0.15) is 0 Å². The molecule has 0 spiro atoms. The molecule has 0 heterocycles. The molecule has 0 aliphatic rings. The van der Waals surface area contributed by atoms with Crippen molar-refractivity contribution in [2.24, 2.45) is 0 Å². The van der Waals surface area contributed by atoms with Gasteiger partial charge in [-0.3, -0.25) is 0 Å². The van der Waals surface area contributed by atoms with Crippen molar-refractivity contribution in [1.29, 1.82) is 0 Å². The first-order chi connectivity index (χ1) is 17.3. The van der Waals surface area contributed by atoms with Crippen molar-refractivity contribution < 1.29 is 43.9 Å². The SMILES string of the molecule is O=C(Oc1cccc(O)c1)c1cc(C(=O)Oc2cccc(O)c2)cc(C(=O)Oc2cccc(O)c2)c1. The summed E-state index contributed by atoms with van der Waals surface area (Å²) in [4.78, 5) is 38.4. The first-order valence-electron chi connectivity index (χ1n) is 10.5. The third-order valence-corrected chi connectivity index (χ3v) is 4.72. The number of carbonyl (C=O) groups excluding carboxylic acids is 3. The molecule has 180 valence electrons. The maximum Gasteiger partial charge on any atom is 0.343 e. The van der Waals surface area contributed by atoms with E-state index in [1.807, 2.05) is 0 Å². The lowest BCUT2D eigenvalue weighted by Crippen LogP contribution is -2.16. The van der Waals surface area contributed by atoms with Gasteiger partial charge in [0.2, 0.25) is 0 Å². The number of ether oxygens (including phenoxy) is 3. The third kappa shape index (κ3) is 5.97. The van der Waals surface area contributed by atoms with E-state index in [-0.39, 0.29) is 51.2 Å². The highest BCUT2D eigenvalue weighted by Crippen LogP contribution is 2.24. The van der Waals surface area contributed by atoms with Crippen LogP contribution < -0.4 is 14.2 Å². The molecule has 0 unspecified atom stereocenters. The van der Waals surface area contributed by atoms with Gasteiger partial charge in [0, 0.05) is 18.2 Å². The molecule has 4 aromatic carbocycles. The van der Waals surface area contributed by atoms with Crippen LogP contribution in [0.25, 0.3) is 0 Å². The summed E-state index contributed by atoms with van der Waals surface area (Å²) < 4.78 is 15.7. The minimum Gasteiger partial charge on any atom is -0.508 e. The number of hydrogen-bond donors (Lipinski definition) is 3. The van der Waals surface area contributed by atoms with E-state index in [2.05, 4.69) is 0 Å². The molecule has 0 amide bonds. The van der Waals surface area contributed by atoms with Crippen LogP contribution in [-0.4, -0.2) is 33.2 Å². The molecule has 0 atom stereocenters. The van der Waals surface area contributed by atoms with E-state index in [0.29, 0.717) is 0 Å². The summed E-state index contributed by atoms with van der Waals surface area (Å²) in [7, 11) is 0. The van der Waals surface area contributed by atoms with Gasteiger partial charge in [0.1, 0.15) is 34.5 Å². The van der Waals surface area contributed by atoms with Gasteiger partial charge in [0.25, 0.3) is 0 Å². The van der Waals surface area contributed by atoms with E-state index >= 15 is 0 Å². The Morgan fingerprint density at radius 1 is 0.444 bits per heavy atom. The Labute approximate surface area is 204 Å². The van der Waals surface area contributed by atoms with E-state index in [9.17, 15) is 29.7 Å². The van der Waals surface area contributed by atoms with Crippen LogP contribution >= 0.6 is 0 Å². The fourth-order valence-corrected chi connectivity index (χ4v) is 3.12. The number of benzene rings is 4. The van der Waals surface area contributed by atoms with Crippen LogP contribution in [0.4, 0.5) is 0 Å². The quantitative estimate of drug-likeness (QED) is 0.266. The predicted octanol–water partition coefficient (Wildman–Crippen LogP) is 4.46. The van der Waals surface area contributed by atoms with Crippen molar-refractivity contribution in [2.45, 2.75) is 0 Å². The molecule has 36 heavy (non-hydrogen) atoms. The minimum atomic E-state index is -0.918. The highest BCUT2D eigenvalue weighted by molar-refractivity contribution is 6.01. The van der Waals surface area contributed by atoms with Crippen molar-refractivity contribution in [1.82, 2.24) is 0 Å². The summed E-state index contributed by atoms with van der Waals surface area (Å²) >= 11 is 0. The zero-order chi connectivity index (χ0) is 25.7. The topological polar surface area (TPSA) is 140 Å². The van der Waals surface area contributed by atoms with Crippen LogP contribution in [0.15, 0.2) is 91.0 Å². The van der Waals surface area contributed by atoms with Gasteiger partial charge < -0.3 is 29.5 Å². The molecule has 3 N–H and O–H groups in total. The number of phenols is 3. The van der Waals surface area contributed by atoms with E-state index in [4.69, 9.17) is 14.2 Å². The van der Waals surface area contributed by atoms with Gasteiger partial charge in [-0.25, -0.2) is 14.4 Å². The number of carbonyl (C=O) groups is 3. The Bertz CT molecular complexity index is 1270. The molecule has 9 heteroatoms. The van der Waals surface area contributed by atoms with Gasteiger partial charge >= 0.3 is 17.9 Å². The summed E-state index contributed by atoms with van der Waals surface area (Å²) in [5.74, 6) is -3.01. The monoisotopic (exact) mass is 486 g/mol. The van der Waals surface area contributed by atoms with Gasteiger partial charge in [0.05, 0.1) is 16.7 Å². The van der Waals surface area contributed by atoms with Gasteiger partial charge in [-0.05, 0) is 54.6 Å². The molecule has 0 saturated carbocycles. The molecular formula is C27H18O9. The molecule has 0 radical (unpaired) electrons. The van der Waals surface area contributed by atoms with Crippen LogP contribution in [-0.2, 0) is 0 Å². The Kier molecular flexibility index (Phi) is 6.83. The minimum absolute atomic E-state index is 0.0385. The Balaban J connectivity index is 1.66. The summed E-state index contributed by atoms with van der Waals surface area (Å²) in [5.41, 5.74) is -0.523. The fraction of sp³-hybridized carbons (Fsp3) is 0. The van der Waals surface area contributed by atoms with Crippen LogP contribution in [0.1, 0.15) is 31.1 Å². The highest BCUT2D eigenvalue weighted by atomic mass is 16.5. The van der Waals surface area contributed by atoms with Crippen LogP contribution in [0.2, 0.25) is 0 Å². The lowest BCUT2D eigenvalue weighted by atomic mass is 10.1. The van der Waals surface area contributed by atoms with Crippen LogP contribution in [0, 0.1) is 0 Å². The molecule has 4 aromatic rings. The van der Waals surface area contributed by atoms with Crippen molar-refractivity contribution >= 4 is 17.9 Å². The Morgan fingerprint density at radius 2 is 0.722 bits per heavy atom. The van der Waals surface area contributed by atoms with E-state index in [0.717, 1.165) is 0 Å². The molecule has 0 fully saturated rings. The first kappa shape index (κ1) is 23.8. The molecule has 9 nitrogen and oxygen atoms in total. The molecule has 0 saturated heterocycles. The van der Waals surface area contributed by atoms with Crippen LogP contribution in [0.3, 0.4) is 0 Å². The number of esters is 3. The van der Waals surface area contributed by atoms with Gasteiger partial charge in [-0.15, -0.1) is 0 Å². The normalized spacial score (nSPS) is 10.3. The highest BCUT2D eigenvalue weighted by Gasteiger charge is 2.20. The van der Waals surface area contributed by atoms with Gasteiger partial charge in [0.15, 0.2) is 0 Å². The summed E-state index contributed by atoms with van der Waals surface area (Å²) in [6, 6.07) is 20.1. The molecule has 4 rings (SSSR count). The molecule has 0 aromatic heterocycles. The van der Waals surface area contributed by atoms with Crippen molar-refractivity contribution in [3.63, 3.8) is 0 Å². The Morgan fingerprint density at radius 3 is 0.972 bits per heavy atom. The smallest absolute Gasteiger partial charge is 0.343 e. The van der Waals surface area contributed by atoms with Gasteiger partial charge in [-0.1, -0.05) is 18.2 Å². The number of phenolic OH excluding ortho intramolecular Hbond substituents is 3. The summed E-state index contributed by atoms with van der Waals surface area (Å²) in [5, 5.41) is 28.8. The van der Waals surface area contributed by atoms with E-state index < -0.39 is 17.9 Å². The Hall–Kier alpha value is -5.31. The molecular weight excluding hydrogens is 468 g/mol. The maximum absolute atomic E-state index is 12.8. The number of hydrogen-bond acceptors (Lipinski definition) is 9. The van der Waals surface area contributed by atoms with Crippen molar-refractivity contribution in [3.8, 4) is 34.5 Å². The third-order valence-electron chi connectivity index (χ3n) is 4.72. The number of rotatable bonds is 6. The average molecular weight is 486 g/mol. The second kappa shape index (κ2) is 10.3. The zero-order valence-corrected chi connectivity index (χ0v) is 18.5. The summed E-state index contributed by atoms with van der Waals surface area (Å²) in [6.45, 7) is 0. The predicted molar refractivity (Wildman–Crippen MR) is 126 cm³/mol. The lowest BCUT2D eigenvalue weighted by Gasteiger charge is -2.11. The number of aromatic hydroxyl groups is 3. The fourth-order valence-electron chi connectivity index (χ4n) is 3.12. The van der Waals surface area contributed by atoms with Crippen molar-refractivity contribution in [2.75, 3.05) is 0 Å². The molecule has 0 aliphatic carbocycles. The second-order valence-electron chi connectivity index (χ2n) is 7.46. The lowest BCUT2D eigenvalue weighted by molar-refractivity contribution is 0.0734. The van der Waals surface area contributed by atoms with Crippen molar-refractivity contribution in [3.05, 3.63) is 108 Å².